The van der Waals surface area contributed by atoms with Crippen molar-refractivity contribution in [2.24, 2.45) is 35.0 Å². The summed E-state index contributed by atoms with van der Waals surface area (Å²) in [6, 6.07) is 2.38. The third-order valence-electron chi connectivity index (χ3n) is 5.33. The summed E-state index contributed by atoms with van der Waals surface area (Å²) in [6.07, 6.45) is 0.468. The monoisotopic (exact) mass is 175 g/mol. The van der Waals surface area contributed by atoms with Crippen LogP contribution in [0.15, 0.2) is 0 Å². The molecule has 1 heterocycles. The van der Waals surface area contributed by atoms with E-state index in [2.05, 4.69) is 6.07 Å². The molecule has 0 aromatic rings. The van der Waals surface area contributed by atoms with Crippen LogP contribution in [0.3, 0.4) is 0 Å². The minimum absolute atomic E-state index is 0.320. The zero-order valence-electron chi connectivity index (χ0n) is 6.92. The highest BCUT2D eigenvalue weighted by Crippen LogP contribution is 2.89. The molecule has 0 aromatic carbocycles. The van der Waals surface area contributed by atoms with Crippen LogP contribution in [0.4, 0.5) is 0 Å². The standard InChI is InChI=1S/C10H9NO2/c11-1-10-5-2-3(4(2)9(10)12)7-8(13-7)6(5)10/h2-9,12H. The van der Waals surface area contributed by atoms with Crippen LogP contribution in [-0.2, 0) is 4.74 Å². The molecule has 9 unspecified atom stereocenters. The molecule has 3 heteroatoms. The lowest BCUT2D eigenvalue weighted by Gasteiger charge is -2.13. The maximum atomic E-state index is 10.0. The fourth-order valence-corrected chi connectivity index (χ4v) is 4.88. The van der Waals surface area contributed by atoms with E-state index in [9.17, 15) is 5.11 Å². The number of aliphatic hydroxyl groups excluding tert-OH is 1. The van der Waals surface area contributed by atoms with Gasteiger partial charge < -0.3 is 9.84 Å². The van der Waals surface area contributed by atoms with Gasteiger partial charge in [0, 0.05) is 5.92 Å². The molecule has 9 atom stereocenters. The SMILES string of the molecule is N#CC12C(O)C3C4C5OC5C1C2C43. The molecule has 0 bridgehead atoms. The van der Waals surface area contributed by atoms with Gasteiger partial charge in [-0.05, 0) is 23.7 Å². The Hall–Kier alpha value is -0.590. The van der Waals surface area contributed by atoms with Crippen molar-refractivity contribution in [3.63, 3.8) is 0 Å². The van der Waals surface area contributed by atoms with Crippen LogP contribution in [0.1, 0.15) is 0 Å². The second kappa shape index (κ2) is 1.25. The van der Waals surface area contributed by atoms with Crippen molar-refractivity contribution in [1.82, 2.24) is 0 Å². The second-order valence-electron chi connectivity index (χ2n) is 5.34. The first kappa shape index (κ1) is 6.00. The molecule has 0 spiro atoms. The zero-order valence-corrected chi connectivity index (χ0v) is 6.92. The van der Waals surface area contributed by atoms with E-state index in [0.717, 1.165) is 0 Å². The van der Waals surface area contributed by atoms with Gasteiger partial charge in [-0.25, -0.2) is 0 Å². The first-order valence-corrected chi connectivity index (χ1v) is 5.07. The molecule has 66 valence electrons. The molecule has 5 fully saturated rings. The summed E-state index contributed by atoms with van der Waals surface area (Å²) < 4.78 is 5.60. The maximum Gasteiger partial charge on any atom is 0.0927 e. The third kappa shape index (κ3) is 0.341. The summed E-state index contributed by atoms with van der Waals surface area (Å²) in [5.41, 5.74) is -0.359. The van der Waals surface area contributed by atoms with E-state index in [1.807, 2.05) is 0 Å². The molecule has 4 aliphatic carbocycles. The van der Waals surface area contributed by atoms with Crippen molar-refractivity contribution >= 4 is 0 Å². The third-order valence-corrected chi connectivity index (χ3v) is 5.33. The average Bonchev–Trinajstić information content (AvgIpc) is 2.99. The number of nitriles is 1. The Balaban J connectivity index is 1.78. The lowest BCUT2D eigenvalue weighted by atomic mass is 9.96. The average molecular weight is 175 g/mol. The molecular weight excluding hydrogens is 166 g/mol. The highest BCUT2D eigenvalue weighted by atomic mass is 16.6. The van der Waals surface area contributed by atoms with E-state index >= 15 is 0 Å². The van der Waals surface area contributed by atoms with Crippen molar-refractivity contribution in [1.29, 1.82) is 5.26 Å². The van der Waals surface area contributed by atoms with E-state index in [4.69, 9.17) is 10.00 Å². The number of hydrogen-bond donors (Lipinski definition) is 1. The molecule has 5 aliphatic rings. The molecule has 0 radical (unpaired) electrons. The number of aliphatic hydroxyl groups is 1. The smallest absolute Gasteiger partial charge is 0.0927 e. The Morgan fingerprint density at radius 1 is 1.15 bits per heavy atom. The van der Waals surface area contributed by atoms with Crippen LogP contribution >= 0.6 is 0 Å². The summed E-state index contributed by atoms with van der Waals surface area (Å²) in [5, 5.41) is 19.2. The summed E-state index contributed by atoms with van der Waals surface area (Å²) in [6.45, 7) is 0. The van der Waals surface area contributed by atoms with Gasteiger partial charge in [-0.2, -0.15) is 5.26 Å². The zero-order chi connectivity index (χ0) is 8.53. The van der Waals surface area contributed by atoms with E-state index in [0.29, 0.717) is 41.8 Å². The minimum Gasteiger partial charge on any atom is -0.391 e. The van der Waals surface area contributed by atoms with Crippen LogP contribution in [0.5, 0.6) is 0 Å². The number of ether oxygens (including phenoxy) is 1. The summed E-state index contributed by atoms with van der Waals surface area (Å²) in [5.74, 6) is 2.62. The molecule has 0 aromatic heterocycles. The Labute approximate surface area is 75.3 Å². The van der Waals surface area contributed by atoms with Gasteiger partial charge in [0.05, 0.1) is 29.8 Å². The Morgan fingerprint density at radius 2 is 2.00 bits per heavy atom. The van der Waals surface area contributed by atoms with Crippen LogP contribution in [0, 0.1) is 46.3 Å². The van der Waals surface area contributed by atoms with Crippen LogP contribution in [0.2, 0.25) is 0 Å². The van der Waals surface area contributed by atoms with E-state index in [-0.39, 0.29) is 11.5 Å². The number of epoxide rings is 1. The molecule has 4 saturated carbocycles. The Morgan fingerprint density at radius 3 is 2.77 bits per heavy atom. The van der Waals surface area contributed by atoms with Crippen molar-refractivity contribution < 1.29 is 9.84 Å². The van der Waals surface area contributed by atoms with Crippen molar-refractivity contribution in [3.8, 4) is 6.07 Å². The van der Waals surface area contributed by atoms with Gasteiger partial charge in [0.1, 0.15) is 0 Å². The number of hydrogen-bond acceptors (Lipinski definition) is 3. The lowest BCUT2D eigenvalue weighted by Crippen LogP contribution is -2.24. The molecule has 5 rings (SSSR count). The molecule has 1 saturated heterocycles. The van der Waals surface area contributed by atoms with Gasteiger partial charge in [0.25, 0.3) is 0 Å². The highest BCUT2D eigenvalue weighted by molar-refractivity contribution is 5.45. The summed E-state index contributed by atoms with van der Waals surface area (Å²) >= 11 is 0. The van der Waals surface area contributed by atoms with E-state index in [1.54, 1.807) is 0 Å². The fourth-order valence-electron chi connectivity index (χ4n) is 4.88. The predicted octanol–water partition coefficient (Wildman–Crippen LogP) is -0.240. The summed E-state index contributed by atoms with van der Waals surface area (Å²) in [7, 11) is 0. The molecule has 0 amide bonds. The minimum atomic E-state index is -0.359. The lowest BCUT2D eigenvalue weighted by molar-refractivity contribution is 0.0874. The molecule has 13 heavy (non-hydrogen) atoms. The van der Waals surface area contributed by atoms with Crippen LogP contribution in [-0.4, -0.2) is 23.4 Å². The number of fused-ring (bicyclic) bond motifs is 5. The maximum absolute atomic E-state index is 10.0. The van der Waals surface area contributed by atoms with Gasteiger partial charge in [0.15, 0.2) is 0 Å². The van der Waals surface area contributed by atoms with Crippen molar-refractivity contribution in [3.05, 3.63) is 0 Å². The van der Waals surface area contributed by atoms with E-state index in [1.165, 1.54) is 0 Å². The van der Waals surface area contributed by atoms with Crippen LogP contribution in [0.25, 0.3) is 0 Å². The highest BCUT2D eigenvalue weighted by Gasteiger charge is 2.95. The second-order valence-corrected chi connectivity index (χ2v) is 5.34. The molecular formula is C10H9NO2. The molecule has 1 N–H and O–H groups in total. The van der Waals surface area contributed by atoms with Crippen molar-refractivity contribution in [2.75, 3.05) is 0 Å². The van der Waals surface area contributed by atoms with Gasteiger partial charge in [-0.1, -0.05) is 0 Å². The van der Waals surface area contributed by atoms with Crippen LogP contribution < -0.4 is 0 Å². The normalized spacial score (nSPS) is 83.7. The summed E-state index contributed by atoms with van der Waals surface area (Å²) in [4.78, 5) is 0. The van der Waals surface area contributed by atoms with Crippen molar-refractivity contribution in [2.45, 2.75) is 18.3 Å². The molecule has 3 nitrogen and oxygen atoms in total. The van der Waals surface area contributed by atoms with Gasteiger partial charge in [-0.3, -0.25) is 0 Å². The predicted molar refractivity (Wildman–Crippen MR) is 40.2 cm³/mol. The van der Waals surface area contributed by atoms with Gasteiger partial charge >= 0.3 is 0 Å². The number of rotatable bonds is 0. The van der Waals surface area contributed by atoms with E-state index < -0.39 is 0 Å². The topological polar surface area (TPSA) is 56.5 Å². The quantitative estimate of drug-likeness (QED) is 0.517. The first-order valence-electron chi connectivity index (χ1n) is 5.07. The Bertz CT molecular complexity index is 379. The Kier molecular flexibility index (Phi) is 0.578. The molecule has 1 aliphatic heterocycles. The first-order chi connectivity index (χ1) is 6.32. The fraction of sp³-hybridized carbons (Fsp3) is 0.900. The van der Waals surface area contributed by atoms with Gasteiger partial charge in [0.2, 0.25) is 0 Å². The van der Waals surface area contributed by atoms with Gasteiger partial charge in [-0.15, -0.1) is 0 Å². The number of nitrogens with zero attached hydrogens (tertiary/aromatic N) is 1. The largest absolute Gasteiger partial charge is 0.391 e.